The molecule has 10 aromatic rings. The van der Waals surface area contributed by atoms with Gasteiger partial charge in [0, 0.05) is 29.4 Å². The van der Waals surface area contributed by atoms with Crippen LogP contribution in [0.5, 0.6) is 0 Å². The minimum Gasteiger partial charge on any atom is -0.386 e. The summed E-state index contributed by atoms with van der Waals surface area (Å²) in [6.07, 6.45) is 2.12. The summed E-state index contributed by atoms with van der Waals surface area (Å²) in [5.41, 5.74) is 12.1. The highest BCUT2D eigenvalue weighted by molar-refractivity contribution is 6.14. The molecule has 0 radical (unpaired) electrons. The molecule has 0 aliphatic carbocycles. The Morgan fingerprint density at radius 1 is 0.362 bits per heavy atom. The Kier molecular flexibility index (Phi) is 8.22. The summed E-state index contributed by atoms with van der Waals surface area (Å²) in [6.45, 7) is 0.797. The first-order chi connectivity index (χ1) is 28.7. The number of benzene rings is 9. The molecule has 3 heteroatoms. The molecule has 11 rings (SSSR count). The van der Waals surface area contributed by atoms with E-state index in [0.29, 0.717) is 5.82 Å². The predicted molar refractivity (Wildman–Crippen MR) is 242 cm³/mol. The molecule has 1 N–H and O–H groups in total. The van der Waals surface area contributed by atoms with Gasteiger partial charge in [-0.05, 0) is 94.3 Å². The molecule has 1 aliphatic heterocycles. The Labute approximate surface area is 337 Å². The number of rotatable bonds is 6. The van der Waals surface area contributed by atoms with Gasteiger partial charge in [-0.3, -0.25) is 0 Å². The third-order valence-corrected chi connectivity index (χ3v) is 11.6. The molecule has 0 spiro atoms. The van der Waals surface area contributed by atoms with Crippen LogP contribution >= 0.6 is 0 Å². The summed E-state index contributed by atoms with van der Waals surface area (Å²) in [5, 5.41) is 13.5. The summed E-state index contributed by atoms with van der Waals surface area (Å²) >= 11 is 0. The van der Waals surface area contributed by atoms with Gasteiger partial charge in [0.25, 0.3) is 0 Å². The SMILES string of the molecule is C1=c2ccccc2=C(c2ccc(-c3ccc(-c4cc(-c5ccccc5)nc(-c5cccc(-c6cc7ccccc7c7ccccc67)c5)n4)cc3)c3ccccc23)CN1. The number of hydrogen-bond acceptors (Lipinski definition) is 3. The van der Waals surface area contributed by atoms with E-state index in [9.17, 15) is 0 Å². The molecule has 0 bridgehead atoms. The van der Waals surface area contributed by atoms with Crippen LogP contribution in [0.25, 0.3) is 100 Å². The molecule has 0 amide bonds. The van der Waals surface area contributed by atoms with E-state index in [0.717, 1.165) is 40.2 Å². The molecule has 1 aromatic heterocycles. The second-order valence-corrected chi connectivity index (χ2v) is 15.0. The lowest BCUT2D eigenvalue weighted by Crippen LogP contribution is -2.36. The van der Waals surface area contributed by atoms with Crippen molar-refractivity contribution < 1.29 is 0 Å². The summed E-state index contributed by atoms with van der Waals surface area (Å²) < 4.78 is 0. The fourth-order valence-electron chi connectivity index (χ4n) is 8.73. The molecule has 1 aliphatic rings. The number of hydrogen-bond donors (Lipinski definition) is 1. The predicted octanol–water partition coefficient (Wildman–Crippen LogP) is 11.8. The third-order valence-electron chi connectivity index (χ3n) is 11.6. The Morgan fingerprint density at radius 3 is 1.72 bits per heavy atom. The topological polar surface area (TPSA) is 37.8 Å². The standard InChI is InChI=1S/C55H37N3/c1-2-13-37(14-3-1)53-33-54(58-55(57-53)41-18-12-17-39(31-41)51-32-40-15-4-6-19-43(40)46-21-9-11-24-49(46)51)38-27-25-36(26-28-38)45-29-30-50(48-23-10-8-22-47(45)48)52-35-56-34-42-16-5-7-20-44(42)52/h1-34,56H,35H2. The number of aromatic nitrogens is 2. The quantitative estimate of drug-likeness (QED) is 0.173. The van der Waals surface area contributed by atoms with E-state index >= 15 is 0 Å². The number of nitrogens with zero attached hydrogens (tertiary/aromatic N) is 2. The van der Waals surface area contributed by atoms with Crippen LogP contribution in [0.2, 0.25) is 0 Å². The Bertz CT molecular complexity index is 3330. The van der Waals surface area contributed by atoms with Crippen molar-refractivity contribution in [3.8, 4) is 56.2 Å². The van der Waals surface area contributed by atoms with Gasteiger partial charge in [0.05, 0.1) is 11.4 Å². The molecule has 2 heterocycles. The van der Waals surface area contributed by atoms with Crippen molar-refractivity contribution in [3.63, 3.8) is 0 Å². The first-order valence-corrected chi connectivity index (χ1v) is 19.9. The van der Waals surface area contributed by atoms with Crippen LogP contribution < -0.4 is 15.8 Å². The lowest BCUT2D eigenvalue weighted by molar-refractivity contribution is 1.03. The van der Waals surface area contributed by atoms with Gasteiger partial charge in [0.1, 0.15) is 0 Å². The van der Waals surface area contributed by atoms with Crippen LogP contribution in [-0.4, -0.2) is 16.5 Å². The maximum absolute atomic E-state index is 5.26. The maximum atomic E-state index is 5.26. The summed E-state index contributed by atoms with van der Waals surface area (Å²) in [7, 11) is 0. The summed E-state index contributed by atoms with van der Waals surface area (Å²) in [4.78, 5) is 10.4. The molecular formula is C55H37N3. The molecule has 0 unspecified atom stereocenters. The average molecular weight is 740 g/mol. The Morgan fingerprint density at radius 2 is 0.931 bits per heavy atom. The molecule has 0 atom stereocenters. The monoisotopic (exact) mass is 739 g/mol. The van der Waals surface area contributed by atoms with Crippen molar-refractivity contribution in [1.29, 1.82) is 0 Å². The zero-order valence-corrected chi connectivity index (χ0v) is 31.7. The van der Waals surface area contributed by atoms with Crippen LogP contribution in [0.15, 0.2) is 200 Å². The van der Waals surface area contributed by atoms with Crippen LogP contribution in [0.1, 0.15) is 5.56 Å². The highest BCUT2D eigenvalue weighted by atomic mass is 14.9. The van der Waals surface area contributed by atoms with Gasteiger partial charge in [-0.25, -0.2) is 9.97 Å². The van der Waals surface area contributed by atoms with Gasteiger partial charge < -0.3 is 5.32 Å². The number of nitrogens with one attached hydrogen (secondary N) is 1. The van der Waals surface area contributed by atoms with Crippen molar-refractivity contribution in [3.05, 3.63) is 216 Å². The number of fused-ring (bicyclic) bond motifs is 5. The van der Waals surface area contributed by atoms with Crippen molar-refractivity contribution in [2.45, 2.75) is 0 Å². The van der Waals surface area contributed by atoms with Crippen molar-refractivity contribution in [1.82, 2.24) is 15.3 Å². The second-order valence-electron chi connectivity index (χ2n) is 15.0. The van der Waals surface area contributed by atoms with E-state index in [4.69, 9.17) is 9.97 Å². The minimum atomic E-state index is 0.697. The largest absolute Gasteiger partial charge is 0.386 e. The minimum absolute atomic E-state index is 0.697. The smallest absolute Gasteiger partial charge is 0.160 e. The van der Waals surface area contributed by atoms with Gasteiger partial charge >= 0.3 is 0 Å². The highest BCUT2D eigenvalue weighted by Crippen LogP contribution is 2.38. The van der Waals surface area contributed by atoms with E-state index in [2.05, 4.69) is 206 Å². The van der Waals surface area contributed by atoms with E-state index < -0.39 is 0 Å². The maximum Gasteiger partial charge on any atom is 0.160 e. The zero-order valence-electron chi connectivity index (χ0n) is 31.7. The summed E-state index contributed by atoms with van der Waals surface area (Å²) in [6, 6.07) is 71.7. The van der Waals surface area contributed by atoms with Crippen LogP contribution in [-0.2, 0) is 0 Å². The van der Waals surface area contributed by atoms with Crippen molar-refractivity contribution in [2.75, 3.05) is 6.54 Å². The van der Waals surface area contributed by atoms with E-state index in [1.54, 1.807) is 0 Å². The van der Waals surface area contributed by atoms with Gasteiger partial charge in [0.15, 0.2) is 5.82 Å². The lowest BCUT2D eigenvalue weighted by atomic mass is 9.90. The lowest BCUT2D eigenvalue weighted by Gasteiger charge is -2.17. The highest BCUT2D eigenvalue weighted by Gasteiger charge is 2.16. The molecule has 0 fully saturated rings. The Hall–Kier alpha value is -7.62. The first-order valence-electron chi connectivity index (χ1n) is 19.9. The summed E-state index contributed by atoms with van der Waals surface area (Å²) in [5.74, 6) is 0.697. The van der Waals surface area contributed by atoms with Gasteiger partial charge in [-0.2, -0.15) is 0 Å². The normalized spacial score (nSPS) is 12.3. The average Bonchev–Trinajstić information content (AvgIpc) is 3.31. The van der Waals surface area contributed by atoms with E-state index in [1.807, 2.05) is 6.07 Å². The van der Waals surface area contributed by atoms with Gasteiger partial charge in [-0.15, -0.1) is 0 Å². The molecule has 3 nitrogen and oxygen atoms in total. The second kappa shape index (κ2) is 14.1. The molecule has 0 saturated heterocycles. The van der Waals surface area contributed by atoms with E-state index in [1.165, 1.54) is 70.6 Å². The first kappa shape index (κ1) is 33.7. The molecule has 272 valence electrons. The third kappa shape index (κ3) is 5.93. The van der Waals surface area contributed by atoms with Gasteiger partial charge in [0.2, 0.25) is 0 Å². The molecule has 9 aromatic carbocycles. The van der Waals surface area contributed by atoms with Crippen molar-refractivity contribution in [2.24, 2.45) is 0 Å². The zero-order chi connectivity index (χ0) is 38.4. The van der Waals surface area contributed by atoms with Crippen LogP contribution in [0.4, 0.5) is 0 Å². The fourth-order valence-corrected chi connectivity index (χ4v) is 8.73. The Balaban J connectivity index is 1.00. The molecule has 0 saturated carbocycles. The molecular weight excluding hydrogens is 703 g/mol. The van der Waals surface area contributed by atoms with Crippen LogP contribution in [0.3, 0.4) is 0 Å². The fraction of sp³-hybridized carbons (Fsp3) is 0.0182. The molecule has 58 heavy (non-hydrogen) atoms. The van der Waals surface area contributed by atoms with E-state index in [-0.39, 0.29) is 0 Å². The van der Waals surface area contributed by atoms with Crippen LogP contribution in [0, 0.1) is 0 Å². The van der Waals surface area contributed by atoms with Gasteiger partial charge in [-0.1, -0.05) is 182 Å². The van der Waals surface area contributed by atoms with Crippen molar-refractivity contribution >= 4 is 44.1 Å².